The minimum atomic E-state index is 0.151. The summed E-state index contributed by atoms with van der Waals surface area (Å²) in [7, 11) is 0. The molecule has 0 spiro atoms. The highest BCUT2D eigenvalue weighted by Gasteiger charge is 2.14. The molecule has 1 unspecified atom stereocenters. The first-order chi connectivity index (χ1) is 7.58. The SMILES string of the molecule is Clc1ccc(C(Br)c2cc(Br)c(Cl)s2)cc1. The molecule has 1 atom stereocenters. The summed E-state index contributed by atoms with van der Waals surface area (Å²) in [5.74, 6) is 0. The van der Waals surface area contributed by atoms with Crippen molar-refractivity contribution < 1.29 is 0 Å². The lowest BCUT2D eigenvalue weighted by Gasteiger charge is -2.07. The first kappa shape index (κ1) is 12.9. The molecule has 84 valence electrons. The van der Waals surface area contributed by atoms with Crippen LogP contribution in [0.5, 0.6) is 0 Å². The van der Waals surface area contributed by atoms with Gasteiger partial charge in [-0.3, -0.25) is 0 Å². The predicted molar refractivity (Wildman–Crippen MR) is 79.3 cm³/mol. The van der Waals surface area contributed by atoms with Gasteiger partial charge in [-0.1, -0.05) is 51.3 Å². The van der Waals surface area contributed by atoms with Crippen LogP contribution in [0.1, 0.15) is 15.3 Å². The third-order valence-corrected chi connectivity index (χ3v) is 6.19. The van der Waals surface area contributed by atoms with Crippen LogP contribution in [0.2, 0.25) is 9.36 Å². The van der Waals surface area contributed by atoms with Crippen molar-refractivity contribution in [2.24, 2.45) is 0 Å². The number of hydrogen-bond acceptors (Lipinski definition) is 1. The Morgan fingerprint density at radius 3 is 2.25 bits per heavy atom. The molecule has 2 aromatic rings. The minimum Gasteiger partial charge on any atom is -0.126 e. The van der Waals surface area contributed by atoms with Gasteiger partial charge in [-0.25, -0.2) is 0 Å². The van der Waals surface area contributed by atoms with E-state index in [1.807, 2.05) is 30.3 Å². The highest BCUT2D eigenvalue weighted by Crippen LogP contribution is 2.41. The number of alkyl halides is 1. The smallest absolute Gasteiger partial charge is 0.107 e. The quantitative estimate of drug-likeness (QED) is 0.519. The number of benzene rings is 1. The van der Waals surface area contributed by atoms with Crippen LogP contribution >= 0.6 is 66.4 Å². The molecule has 0 aliphatic heterocycles. The molecule has 0 saturated heterocycles. The third kappa shape index (κ3) is 2.82. The highest BCUT2D eigenvalue weighted by molar-refractivity contribution is 9.10. The molecule has 1 aromatic heterocycles. The van der Waals surface area contributed by atoms with Gasteiger partial charge in [-0.15, -0.1) is 11.3 Å². The third-order valence-electron chi connectivity index (χ3n) is 2.08. The maximum atomic E-state index is 6.02. The molecule has 1 heterocycles. The van der Waals surface area contributed by atoms with Gasteiger partial charge in [0.25, 0.3) is 0 Å². The summed E-state index contributed by atoms with van der Waals surface area (Å²) >= 11 is 20.5. The molecule has 16 heavy (non-hydrogen) atoms. The van der Waals surface area contributed by atoms with E-state index in [-0.39, 0.29) is 4.83 Å². The second-order valence-electron chi connectivity index (χ2n) is 3.18. The molecule has 0 aliphatic rings. The van der Waals surface area contributed by atoms with E-state index < -0.39 is 0 Å². The molecule has 0 amide bonds. The zero-order valence-electron chi connectivity index (χ0n) is 7.88. The first-order valence-corrected chi connectivity index (χ1v) is 7.70. The largest absolute Gasteiger partial charge is 0.126 e. The van der Waals surface area contributed by atoms with Gasteiger partial charge in [0.1, 0.15) is 4.34 Å². The topological polar surface area (TPSA) is 0 Å². The summed E-state index contributed by atoms with van der Waals surface area (Å²) in [6.45, 7) is 0. The van der Waals surface area contributed by atoms with Gasteiger partial charge in [0, 0.05) is 14.4 Å². The maximum Gasteiger partial charge on any atom is 0.107 e. The molecule has 0 nitrogen and oxygen atoms in total. The van der Waals surface area contributed by atoms with Crippen molar-refractivity contribution in [1.82, 2.24) is 0 Å². The lowest BCUT2D eigenvalue weighted by molar-refractivity contribution is 1.22. The van der Waals surface area contributed by atoms with Gasteiger partial charge >= 0.3 is 0 Å². The van der Waals surface area contributed by atoms with E-state index in [4.69, 9.17) is 23.2 Å². The molecule has 2 rings (SSSR count). The fraction of sp³-hybridized carbons (Fsp3) is 0.0909. The molecule has 5 heteroatoms. The Kier molecular flexibility index (Phi) is 4.36. The van der Waals surface area contributed by atoms with E-state index in [0.29, 0.717) is 0 Å². The predicted octanol–water partition coefficient (Wildman–Crippen LogP) is 6.30. The van der Waals surface area contributed by atoms with Gasteiger partial charge in [0.2, 0.25) is 0 Å². The fourth-order valence-electron chi connectivity index (χ4n) is 1.28. The number of thiophene rings is 1. The monoisotopic (exact) mass is 398 g/mol. The Morgan fingerprint density at radius 1 is 1.12 bits per heavy atom. The molecule has 0 fully saturated rings. The zero-order chi connectivity index (χ0) is 11.7. The maximum absolute atomic E-state index is 6.02. The second kappa shape index (κ2) is 5.40. The Bertz CT molecular complexity index is 474. The van der Waals surface area contributed by atoms with Gasteiger partial charge < -0.3 is 0 Å². The van der Waals surface area contributed by atoms with Crippen LogP contribution in [-0.2, 0) is 0 Å². The van der Waals surface area contributed by atoms with E-state index in [2.05, 4.69) is 31.9 Å². The van der Waals surface area contributed by atoms with Crippen LogP contribution in [-0.4, -0.2) is 0 Å². The van der Waals surface area contributed by atoms with Crippen LogP contribution in [0, 0.1) is 0 Å². The first-order valence-electron chi connectivity index (χ1n) is 4.42. The van der Waals surface area contributed by atoms with Gasteiger partial charge in [-0.05, 0) is 39.7 Å². The molecule has 0 aliphatic carbocycles. The fourth-order valence-corrected chi connectivity index (χ4v) is 3.87. The van der Waals surface area contributed by atoms with Crippen molar-refractivity contribution >= 4 is 66.4 Å². The van der Waals surface area contributed by atoms with E-state index >= 15 is 0 Å². The van der Waals surface area contributed by atoms with Crippen LogP contribution in [0.3, 0.4) is 0 Å². The van der Waals surface area contributed by atoms with Crippen LogP contribution in [0.4, 0.5) is 0 Å². The van der Waals surface area contributed by atoms with E-state index in [9.17, 15) is 0 Å². The Balaban J connectivity index is 2.31. The van der Waals surface area contributed by atoms with Crippen molar-refractivity contribution in [2.75, 3.05) is 0 Å². The van der Waals surface area contributed by atoms with Crippen molar-refractivity contribution in [3.63, 3.8) is 0 Å². The van der Waals surface area contributed by atoms with Gasteiger partial charge in [0.15, 0.2) is 0 Å². The number of hydrogen-bond donors (Lipinski definition) is 0. The second-order valence-corrected chi connectivity index (χ2v) is 7.08. The summed E-state index contributed by atoms with van der Waals surface area (Å²) in [6.07, 6.45) is 0. The van der Waals surface area contributed by atoms with Gasteiger partial charge in [-0.2, -0.15) is 0 Å². The molecule has 0 saturated carbocycles. The molecule has 0 N–H and O–H groups in total. The molecule has 0 radical (unpaired) electrons. The minimum absolute atomic E-state index is 0.151. The van der Waals surface area contributed by atoms with Crippen molar-refractivity contribution in [3.8, 4) is 0 Å². The summed E-state index contributed by atoms with van der Waals surface area (Å²) < 4.78 is 1.71. The van der Waals surface area contributed by atoms with Crippen LogP contribution in [0.15, 0.2) is 34.8 Å². The lowest BCUT2D eigenvalue weighted by atomic mass is 10.1. The van der Waals surface area contributed by atoms with E-state index in [1.54, 1.807) is 11.3 Å². The van der Waals surface area contributed by atoms with Crippen molar-refractivity contribution in [3.05, 3.63) is 54.6 Å². The summed E-state index contributed by atoms with van der Waals surface area (Å²) in [4.78, 5) is 1.32. The normalized spacial score (nSPS) is 12.8. The standard InChI is InChI=1S/C11H6Br2Cl2S/c12-8-5-9(16-11(8)15)10(13)6-1-3-7(14)4-2-6/h1-5,10H. The highest BCUT2D eigenvalue weighted by atomic mass is 79.9. The summed E-state index contributed by atoms with van der Waals surface area (Å²) in [5.41, 5.74) is 1.16. The molecule has 0 bridgehead atoms. The average molecular weight is 401 g/mol. The number of rotatable bonds is 2. The summed E-state index contributed by atoms with van der Waals surface area (Å²) in [5, 5.41) is 0.744. The Hall–Kier alpha value is 0.460. The Labute approximate surface area is 125 Å². The van der Waals surface area contributed by atoms with Gasteiger partial charge in [0.05, 0.1) is 4.83 Å². The van der Waals surface area contributed by atoms with E-state index in [0.717, 1.165) is 19.4 Å². The number of halogens is 4. The van der Waals surface area contributed by atoms with Crippen molar-refractivity contribution in [2.45, 2.75) is 4.83 Å². The zero-order valence-corrected chi connectivity index (χ0v) is 13.4. The molecule has 1 aromatic carbocycles. The Morgan fingerprint density at radius 2 is 1.75 bits per heavy atom. The molecular weight excluding hydrogens is 395 g/mol. The van der Waals surface area contributed by atoms with Crippen molar-refractivity contribution in [1.29, 1.82) is 0 Å². The average Bonchev–Trinajstić information content (AvgIpc) is 2.59. The molecular formula is C11H6Br2Cl2S. The van der Waals surface area contributed by atoms with Crippen LogP contribution in [0.25, 0.3) is 0 Å². The van der Waals surface area contributed by atoms with Crippen LogP contribution < -0.4 is 0 Å². The summed E-state index contributed by atoms with van der Waals surface area (Å²) in [6, 6.07) is 9.80. The lowest BCUT2D eigenvalue weighted by Crippen LogP contribution is -1.88. The van der Waals surface area contributed by atoms with E-state index in [1.165, 1.54) is 4.88 Å².